The molecule has 9 nitrogen and oxygen atoms in total. The highest BCUT2D eigenvalue weighted by atomic mass is 15.3. The van der Waals surface area contributed by atoms with Crippen LogP contribution in [0.3, 0.4) is 0 Å². The second-order valence-corrected chi connectivity index (χ2v) is 7.70. The standard InChI is InChI=1S/C24H15N9/c1-14-29-23(32-18-4-8-25-11-15(18)16-12-26-9-5-19(16)32)31-24(30-14)33-20-6-10-27-13-17(20)22-21(33)3-2-7-28-22/h2-13H,1H3. The van der Waals surface area contributed by atoms with E-state index in [1.165, 1.54) is 0 Å². The molecule has 0 saturated heterocycles. The number of hydrogen-bond acceptors (Lipinski definition) is 7. The second-order valence-electron chi connectivity index (χ2n) is 7.70. The van der Waals surface area contributed by atoms with Crippen molar-refractivity contribution in [3.05, 3.63) is 79.5 Å². The van der Waals surface area contributed by atoms with Crippen molar-refractivity contribution in [2.45, 2.75) is 6.92 Å². The van der Waals surface area contributed by atoms with Crippen molar-refractivity contribution in [3.63, 3.8) is 0 Å². The van der Waals surface area contributed by atoms with Crippen molar-refractivity contribution in [2.75, 3.05) is 0 Å². The summed E-state index contributed by atoms with van der Waals surface area (Å²) in [5.41, 5.74) is 4.61. The van der Waals surface area contributed by atoms with Gasteiger partial charge in [-0.15, -0.1) is 0 Å². The van der Waals surface area contributed by atoms with E-state index in [1.54, 1.807) is 24.8 Å². The van der Waals surface area contributed by atoms with E-state index in [4.69, 9.17) is 15.0 Å². The second kappa shape index (κ2) is 6.60. The monoisotopic (exact) mass is 429 g/mol. The number of fused-ring (bicyclic) bond motifs is 6. The molecule has 0 N–H and O–H groups in total. The zero-order valence-corrected chi connectivity index (χ0v) is 17.5. The third-order valence-corrected chi connectivity index (χ3v) is 5.81. The largest absolute Gasteiger partial charge is 0.278 e. The Balaban J connectivity index is 1.58. The SMILES string of the molecule is Cc1nc(-n2c3ccncc3c3cnccc32)nc(-n2c3ccncc3c3ncccc32)n1. The Bertz CT molecular complexity index is 1610. The van der Waals surface area contributed by atoms with Gasteiger partial charge in [-0.1, -0.05) is 0 Å². The predicted molar refractivity (Wildman–Crippen MR) is 124 cm³/mol. The minimum absolute atomic E-state index is 0.523. The lowest BCUT2D eigenvalue weighted by atomic mass is 10.2. The Morgan fingerprint density at radius 1 is 0.576 bits per heavy atom. The average Bonchev–Trinajstić information content (AvgIpc) is 3.37. The molecule has 7 aromatic rings. The summed E-state index contributed by atoms with van der Waals surface area (Å²) in [4.78, 5) is 31.8. The van der Waals surface area contributed by atoms with E-state index in [0.29, 0.717) is 17.7 Å². The molecule has 0 aromatic carbocycles. The van der Waals surface area contributed by atoms with Crippen LogP contribution in [0, 0.1) is 6.92 Å². The minimum Gasteiger partial charge on any atom is -0.278 e. The molecule has 0 aliphatic carbocycles. The van der Waals surface area contributed by atoms with Crippen molar-refractivity contribution < 1.29 is 0 Å². The molecule has 0 radical (unpaired) electrons. The zero-order valence-electron chi connectivity index (χ0n) is 17.5. The quantitative estimate of drug-likeness (QED) is 0.410. The third kappa shape index (κ3) is 2.50. The van der Waals surface area contributed by atoms with Gasteiger partial charge in [0.15, 0.2) is 0 Å². The first kappa shape index (κ1) is 17.8. The van der Waals surface area contributed by atoms with Crippen molar-refractivity contribution in [2.24, 2.45) is 0 Å². The van der Waals surface area contributed by atoms with Crippen LogP contribution in [0.5, 0.6) is 0 Å². The summed E-state index contributed by atoms with van der Waals surface area (Å²) in [6, 6.07) is 9.80. The lowest BCUT2D eigenvalue weighted by Crippen LogP contribution is -2.10. The van der Waals surface area contributed by atoms with Crippen molar-refractivity contribution in [1.29, 1.82) is 0 Å². The molecule has 0 unspecified atom stereocenters. The van der Waals surface area contributed by atoms with Gasteiger partial charge in [0.25, 0.3) is 0 Å². The molecule has 156 valence electrons. The maximum Gasteiger partial charge on any atom is 0.239 e. The van der Waals surface area contributed by atoms with Gasteiger partial charge < -0.3 is 0 Å². The predicted octanol–water partition coefficient (Wildman–Crippen LogP) is 3.95. The first-order chi connectivity index (χ1) is 16.3. The fraction of sp³-hybridized carbons (Fsp3) is 0.0417. The van der Waals surface area contributed by atoms with Gasteiger partial charge in [0.1, 0.15) is 5.82 Å². The summed E-state index contributed by atoms with van der Waals surface area (Å²) in [5.74, 6) is 1.67. The topological polar surface area (TPSA) is 100 Å². The molecule has 7 aromatic heterocycles. The molecule has 7 rings (SSSR count). The van der Waals surface area contributed by atoms with Crippen LogP contribution in [0.1, 0.15) is 5.82 Å². The number of rotatable bonds is 2. The van der Waals surface area contributed by atoms with Crippen LogP contribution >= 0.6 is 0 Å². The summed E-state index contributed by atoms with van der Waals surface area (Å²) in [7, 11) is 0. The van der Waals surface area contributed by atoms with Gasteiger partial charge >= 0.3 is 0 Å². The molecule has 9 heteroatoms. The lowest BCUT2D eigenvalue weighted by molar-refractivity contribution is 0.854. The number of nitrogens with zero attached hydrogens (tertiary/aromatic N) is 9. The van der Waals surface area contributed by atoms with Gasteiger partial charge in [0, 0.05) is 59.5 Å². The molecule has 0 aliphatic rings. The highest BCUT2D eigenvalue weighted by Gasteiger charge is 2.19. The van der Waals surface area contributed by atoms with Crippen LogP contribution in [-0.4, -0.2) is 44.0 Å². The van der Waals surface area contributed by atoms with Crippen LogP contribution in [0.25, 0.3) is 55.6 Å². The van der Waals surface area contributed by atoms with Crippen LogP contribution < -0.4 is 0 Å². The molecule has 0 aliphatic heterocycles. The molecule has 0 fully saturated rings. The first-order valence-electron chi connectivity index (χ1n) is 10.4. The maximum absolute atomic E-state index is 4.93. The highest BCUT2D eigenvalue weighted by Crippen LogP contribution is 2.31. The molecule has 0 atom stereocenters. The number of aromatic nitrogens is 9. The Labute approximate surface area is 186 Å². The number of aryl methyl sites for hydroxylation is 1. The maximum atomic E-state index is 4.93. The van der Waals surface area contributed by atoms with Crippen LogP contribution in [0.4, 0.5) is 0 Å². The molecule has 0 saturated carbocycles. The van der Waals surface area contributed by atoms with Crippen LogP contribution in [0.15, 0.2) is 73.7 Å². The van der Waals surface area contributed by atoms with E-state index in [2.05, 4.69) is 19.9 Å². The van der Waals surface area contributed by atoms with Gasteiger partial charge in [-0.25, -0.2) is 0 Å². The van der Waals surface area contributed by atoms with E-state index in [-0.39, 0.29) is 0 Å². The average molecular weight is 429 g/mol. The molecule has 7 heterocycles. The molecular formula is C24H15N9. The fourth-order valence-corrected chi connectivity index (χ4v) is 4.47. The van der Waals surface area contributed by atoms with Crippen LogP contribution in [-0.2, 0) is 0 Å². The Morgan fingerprint density at radius 2 is 1.12 bits per heavy atom. The minimum atomic E-state index is 0.523. The summed E-state index contributed by atoms with van der Waals surface area (Å²) in [5, 5.41) is 2.93. The van der Waals surface area contributed by atoms with Gasteiger partial charge in [0.05, 0.1) is 27.6 Å². The van der Waals surface area contributed by atoms with Crippen molar-refractivity contribution >= 4 is 43.7 Å². The first-order valence-corrected chi connectivity index (χ1v) is 10.4. The Hall–Kier alpha value is -4.79. The smallest absolute Gasteiger partial charge is 0.239 e. The van der Waals surface area contributed by atoms with Gasteiger partial charge in [0.2, 0.25) is 11.9 Å². The van der Waals surface area contributed by atoms with E-state index >= 15 is 0 Å². The molecule has 0 spiro atoms. The van der Waals surface area contributed by atoms with Crippen LogP contribution in [0.2, 0.25) is 0 Å². The van der Waals surface area contributed by atoms with Gasteiger partial charge in [-0.2, -0.15) is 15.0 Å². The highest BCUT2D eigenvalue weighted by molar-refractivity contribution is 6.08. The van der Waals surface area contributed by atoms with Gasteiger partial charge in [-0.3, -0.25) is 29.1 Å². The fourth-order valence-electron chi connectivity index (χ4n) is 4.47. The molecular weight excluding hydrogens is 414 g/mol. The van der Waals surface area contributed by atoms with Crippen molar-refractivity contribution in [3.8, 4) is 11.9 Å². The number of hydrogen-bond donors (Lipinski definition) is 0. The van der Waals surface area contributed by atoms with E-state index in [0.717, 1.165) is 43.7 Å². The Morgan fingerprint density at radius 3 is 1.76 bits per heavy atom. The van der Waals surface area contributed by atoms with E-state index in [9.17, 15) is 0 Å². The zero-order chi connectivity index (χ0) is 21.9. The molecule has 0 amide bonds. The Kier molecular flexibility index (Phi) is 3.57. The summed E-state index contributed by atoms with van der Waals surface area (Å²) >= 11 is 0. The normalized spacial score (nSPS) is 11.8. The third-order valence-electron chi connectivity index (χ3n) is 5.81. The number of pyridine rings is 4. The summed E-state index contributed by atoms with van der Waals surface area (Å²) < 4.78 is 4.04. The summed E-state index contributed by atoms with van der Waals surface area (Å²) in [6.45, 7) is 1.87. The van der Waals surface area contributed by atoms with Crippen molar-refractivity contribution in [1.82, 2.24) is 44.0 Å². The molecule has 0 bridgehead atoms. The van der Waals surface area contributed by atoms with Gasteiger partial charge in [-0.05, 0) is 37.3 Å². The van der Waals surface area contributed by atoms with E-state index in [1.807, 2.05) is 65.0 Å². The molecule has 33 heavy (non-hydrogen) atoms. The lowest BCUT2D eigenvalue weighted by Gasteiger charge is -2.10. The summed E-state index contributed by atoms with van der Waals surface area (Å²) in [6.07, 6.45) is 12.6. The van der Waals surface area contributed by atoms with E-state index < -0.39 is 0 Å².